The molecule has 4 rings (SSSR count). The molecule has 34 heavy (non-hydrogen) atoms. The van der Waals surface area contributed by atoms with Crippen molar-refractivity contribution in [3.63, 3.8) is 0 Å². The molecule has 3 aromatic rings. The van der Waals surface area contributed by atoms with Crippen LogP contribution in [0.3, 0.4) is 0 Å². The standard InChI is InChI=1S/C25H18ClNO6S/c1-32-21-11-16(7-10-20(21)33-14-15-5-8-17(9-6-15)24(29)30)12-22-23(28)27(25(31)34-22)19-4-2-3-18(26)13-19/h2-13H,14H2,1H3,(H,29,30)/p-1/b22-12-. The van der Waals surface area contributed by atoms with Crippen LogP contribution in [0.5, 0.6) is 11.5 Å². The molecule has 0 unspecified atom stereocenters. The third-order valence-electron chi connectivity index (χ3n) is 4.93. The number of methoxy groups -OCH3 is 1. The highest BCUT2D eigenvalue weighted by molar-refractivity contribution is 8.19. The van der Waals surface area contributed by atoms with E-state index in [1.807, 2.05) is 0 Å². The van der Waals surface area contributed by atoms with Crippen molar-refractivity contribution in [1.29, 1.82) is 0 Å². The van der Waals surface area contributed by atoms with Crippen LogP contribution in [-0.2, 0) is 11.4 Å². The summed E-state index contributed by atoms with van der Waals surface area (Å²) >= 11 is 6.84. The van der Waals surface area contributed by atoms with Crippen LogP contribution < -0.4 is 19.5 Å². The first-order valence-corrected chi connectivity index (χ1v) is 11.2. The van der Waals surface area contributed by atoms with E-state index < -0.39 is 17.1 Å². The third-order valence-corrected chi connectivity index (χ3v) is 6.03. The fraction of sp³-hybridized carbons (Fsp3) is 0.0800. The topological polar surface area (TPSA) is 96.0 Å². The minimum atomic E-state index is -1.24. The Morgan fingerprint density at radius 1 is 1.06 bits per heavy atom. The van der Waals surface area contributed by atoms with Gasteiger partial charge in [-0.2, -0.15) is 0 Å². The molecule has 1 aliphatic rings. The number of anilines is 1. The summed E-state index contributed by atoms with van der Waals surface area (Å²) in [6, 6.07) is 17.9. The molecule has 0 N–H and O–H groups in total. The van der Waals surface area contributed by atoms with Crippen LogP contribution in [0.25, 0.3) is 6.08 Å². The van der Waals surface area contributed by atoms with Gasteiger partial charge in [-0.3, -0.25) is 9.59 Å². The molecule has 0 saturated carbocycles. The largest absolute Gasteiger partial charge is 0.545 e. The van der Waals surface area contributed by atoms with Gasteiger partial charge in [-0.15, -0.1) is 0 Å². The summed E-state index contributed by atoms with van der Waals surface area (Å²) in [5, 5.41) is 10.9. The van der Waals surface area contributed by atoms with E-state index in [2.05, 4.69) is 0 Å². The molecule has 1 aliphatic heterocycles. The van der Waals surface area contributed by atoms with Crippen molar-refractivity contribution in [3.8, 4) is 11.5 Å². The lowest BCUT2D eigenvalue weighted by atomic mass is 10.1. The monoisotopic (exact) mass is 494 g/mol. The summed E-state index contributed by atoms with van der Waals surface area (Å²) in [5.74, 6) is -0.767. The number of amides is 2. The first kappa shape index (κ1) is 23.4. The van der Waals surface area contributed by atoms with Gasteiger partial charge in [0.2, 0.25) is 0 Å². The van der Waals surface area contributed by atoms with Gasteiger partial charge in [0.05, 0.1) is 23.7 Å². The van der Waals surface area contributed by atoms with Gasteiger partial charge in [-0.1, -0.05) is 48.0 Å². The number of carbonyl (C=O) groups excluding carboxylic acids is 3. The molecular weight excluding hydrogens is 478 g/mol. The molecule has 3 aromatic carbocycles. The highest BCUT2D eigenvalue weighted by Gasteiger charge is 2.36. The van der Waals surface area contributed by atoms with E-state index in [1.54, 1.807) is 60.7 Å². The van der Waals surface area contributed by atoms with Crippen molar-refractivity contribution in [3.05, 3.63) is 93.3 Å². The normalized spacial score (nSPS) is 14.5. The van der Waals surface area contributed by atoms with E-state index in [-0.39, 0.29) is 17.1 Å². The third kappa shape index (κ3) is 5.08. The fourth-order valence-corrected chi connectivity index (χ4v) is 4.27. The molecule has 0 bridgehead atoms. The summed E-state index contributed by atoms with van der Waals surface area (Å²) in [6.07, 6.45) is 1.61. The number of rotatable bonds is 7. The van der Waals surface area contributed by atoms with E-state index in [4.69, 9.17) is 21.1 Å². The highest BCUT2D eigenvalue weighted by Crippen LogP contribution is 2.37. The van der Waals surface area contributed by atoms with Crippen LogP contribution >= 0.6 is 23.4 Å². The molecule has 0 atom stereocenters. The predicted octanol–water partition coefficient (Wildman–Crippen LogP) is 4.53. The number of halogens is 1. The van der Waals surface area contributed by atoms with Crippen LogP contribution in [0.1, 0.15) is 21.5 Å². The molecule has 2 amide bonds. The summed E-state index contributed by atoms with van der Waals surface area (Å²) in [6.45, 7) is 0.196. The van der Waals surface area contributed by atoms with E-state index in [0.29, 0.717) is 27.8 Å². The van der Waals surface area contributed by atoms with Gasteiger partial charge in [0.15, 0.2) is 11.5 Å². The maximum Gasteiger partial charge on any atom is 0.298 e. The Hall–Kier alpha value is -3.75. The van der Waals surface area contributed by atoms with Crippen molar-refractivity contribution in [1.82, 2.24) is 0 Å². The zero-order valence-corrected chi connectivity index (χ0v) is 19.4. The fourth-order valence-electron chi connectivity index (χ4n) is 3.25. The van der Waals surface area contributed by atoms with Gasteiger partial charge in [0.25, 0.3) is 11.1 Å². The van der Waals surface area contributed by atoms with E-state index >= 15 is 0 Å². The van der Waals surface area contributed by atoms with Gasteiger partial charge < -0.3 is 19.4 Å². The summed E-state index contributed by atoms with van der Waals surface area (Å²) < 4.78 is 11.2. The Morgan fingerprint density at radius 2 is 1.82 bits per heavy atom. The Balaban J connectivity index is 1.50. The highest BCUT2D eigenvalue weighted by atomic mass is 35.5. The summed E-state index contributed by atoms with van der Waals surface area (Å²) in [5.41, 5.74) is 1.92. The number of hydrogen-bond donors (Lipinski definition) is 0. The van der Waals surface area contributed by atoms with Crippen molar-refractivity contribution in [2.45, 2.75) is 6.61 Å². The van der Waals surface area contributed by atoms with Crippen molar-refractivity contribution < 1.29 is 29.0 Å². The molecule has 0 spiro atoms. The number of hydrogen-bond acceptors (Lipinski definition) is 7. The van der Waals surface area contributed by atoms with Crippen LogP contribution in [0, 0.1) is 0 Å². The zero-order chi connectivity index (χ0) is 24.2. The number of carbonyl (C=O) groups is 3. The average Bonchev–Trinajstić information content (AvgIpc) is 3.10. The smallest absolute Gasteiger partial charge is 0.298 e. The van der Waals surface area contributed by atoms with Crippen LogP contribution in [0.15, 0.2) is 71.6 Å². The predicted molar refractivity (Wildman–Crippen MR) is 128 cm³/mol. The second kappa shape index (κ2) is 10.0. The van der Waals surface area contributed by atoms with E-state index in [9.17, 15) is 19.5 Å². The summed E-state index contributed by atoms with van der Waals surface area (Å²) in [7, 11) is 1.49. The molecule has 172 valence electrons. The van der Waals surface area contributed by atoms with Crippen molar-refractivity contribution in [2.24, 2.45) is 0 Å². The van der Waals surface area contributed by atoms with Gasteiger partial charge in [-0.05, 0) is 64.9 Å². The Kier molecular flexibility index (Phi) is 6.90. The maximum atomic E-state index is 12.9. The second-order valence-corrected chi connectivity index (χ2v) is 8.61. The van der Waals surface area contributed by atoms with Crippen LogP contribution in [0.2, 0.25) is 5.02 Å². The molecule has 7 nitrogen and oxygen atoms in total. The second-order valence-electron chi connectivity index (χ2n) is 7.18. The lowest BCUT2D eigenvalue weighted by molar-refractivity contribution is -0.255. The lowest BCUT2D eigenvalue weighted by Crippen LogP contribution is -2.27. The first-order valence-electron chi connectivity index (χ1n) is 10.0. The van der Waals surface area contributed by atoms with Gasteiger partial charge in [-0.25, -0.2) is 4.90 Å². The van der Waals surface area contributed by atoms with E-state index in [0.717, 1.165) is 22.2 Å². The Labute approximate surface area is 204 Å². The minimum Gasteiger partial charge on any atom is -0.545 e. The Bertz CT molecular complexity index is 1310. The number of carboxylic acid groups (broad SMARTS) is 1. The van der Waals surface area contributed by atoms with Crippen molar-refractivity contribution >= 4 is 52.2 Å². The number of thioether (sulfide) groups is 1. The number of aromatic carboxylic acids is 1. The molecule has 0 aliphatic carbocycles. The molecule has 1 fully saturated rings. The quantitative estimate of drug-likeness (QED) is 0.445. The van der Waals surface area contributed by atoms with Crippen molar-refractivity contribution in [2.75, 3.05) is 12.0 Å². The molecular formula is C25H17ClNO6S-. The number of nitrogens with zero attached hydrogens (tertiary/aromatic N) is 1. The lowest BCUT2D eigenvalue weighted by Gasteiger charge is -2.13. The number of imide groups is 1. The molecule has 9 heteroatoms. The van der Waals surface area contributed by atoms with Crippen LogP contribution in [-0.4, -0.2) is 24.2 Å². The molecule has 0 aromatic heterocycles. The summed E-state index contributed by atoms with van der Waals surface area (Å²) in [4.78, 5) is 37.5. The number of ether oxygens (including phenoxy) is 2. The SMILES string of the molecule is COc1cc(/C=C2\SC(=O)N(c3cccc(Cl)c3)C2=O)ccc1OCc1ccc(C(=O)[O-])cc1. The van der Waals surface area contributed by atoms with E-state index in [1.165, 1.54) is 19.2 Å². The molecule has 1 heterocycles. The minimum absolute atomic E-state index is 0.0884. The van der Waals surface area contributed by atoms with Gasteiger partial charge >= 0.3 is 0 Å². The van der Waals surface area contributed by atoms with Crippen LogP contribution in [0.4, 0.5) is 10.5 Å². The number of carboxylic acids is 1. The number of benzene rings is 3. The zero-order valence-electron chi connectivity index (χ0n) is 17.8. The molecule has 0 radical (unpaired) electrons. The molecule has 1 saturated heterocycles. The maximum absolute atomic E-state index is 12.9. The van der Waals surface area contributed by atoms with Gasteiger partial charge in [0.1, 0.15) is 6.61 Å². The van der Waals surface area contributed by atoms with Gasteiger partial charge in [0, 0.05) is 5.02 Å². The average molecular weight is 495 g/mol. The first-order chi connectivity index (χ1) is 16.4. The Morgan fingerprint density at radius 3 is 2.50 bits per heavy atom.